The first kappa shape index (κ1) is 20.4. The summed E-state index contributed by atoms with van der Waals surface area (Å²) in [5, 5.41) is 8.35. The van der Waals surface area contributed by atoms with Crippen LogP contribution in [0, 0.1) is 0 Å². The smallest absolute Gasteiger partial charge is 0.337 e. The zero-order valence-electron chi connectivity index (χ0n) is 16.1. The number of ether oxygens (including phenoxy) is 2. The minimum absolute atomic E-state index is 0.108. The Morgan fingerprint density at radius 3 is 2.64 bits per heavy atom. The van der Waals surface area contributed by atoms with Crippen LogP contribution in [-0.2, 0) is 9.47 Å². The van der Waals surface area contributed by atoms with Gasteiger partial charge < -0.3 is 14.8 Å². The normalized spacial score (nSPS) is 14.6. The van der Waals surface area contributed by atoms with E-state index in [0.29, 0.717) is 24.3 Å². The number of amides is 1. The molecular weight excluding hydrogens is 378 g/mol. The maximum absolute atomic E-state index is 12.8. The van der Waals surface area contributed by atoms with E-state index in [1.165, 1.54) is 7.11 Å². The summed E-state index contributed by atoms with van der Waals surface area (Å²) in [6, 6.07) is 7.12. The Morgan fingerprint density at radius 1 is 1.29 bits per heavy atom. The van der Waals surface area contributed by atoms with Gasteiger partial charge in [-0.3, -0.25) is 4.79 Å². The molecule has 2 aromatic rings. The Hall–Kier alpha value is -2.32. The van der Waals surface area contributed by atoms with Gasteiger partial charge in [-0.05, 0) is 49.3 Å². The lowest BCUT2D eigenvalue weighted by atomic mass is 10.1. The van der Waals surface area contributed by atoms with Gasteiger partial charge in [0, 0.05) is 19.3 Å². The molecule has 0 atom stereocenters. The number of methoxy groups -OCH3 is 1. The summed E-state index contributed by atoms with van der Waals surface area (Å²) in [5.74, 6) is 0.385. The number of nitrogens with one attached hydrogen (secondary N) is 1. The molecule has 1 aliphatic rings. The van der Waals surface area contributed by atoms with Gasteiger partial charge in [0.2, 0.25) is 0 Å². The van der Waals surface area contributed by atoms with Gasteiger partial charge in [0.1, 0.15) is 5.03 Å². The zero-order chi connectivity index (χ0) is 19.9. The van der Waals surface area contributed by atoms with E-state index in [2.05, 4.69) is 17.3 Å². The maximum atomic E-state index is 12.8. The molecule has 150 valence electrons. The minimum Gasteiger partial charge on any atom is -0.465 e. The van der Waals surface area contributed by atoms with Gasteiger partial charge in [-0.15, -0.1) is 11.8 Å². The van der Waals surface area contributed by atoms with E-state index in [1.54, 1.807) is 46.9 Å². The van der Waals surface area contributed by atoms with E-state index in [-0.39, 0.29) is 17.9 Å². The number of carbonyl (C=O) groups is 2. The second-order valence-corrected chi connectivity index (χ2v) is 7.61. The van der Waals surface area contributed by atoms with Gasteiger partial charge in [0.25, 0.3) is 5.91 Å². The lowest BCUT2D eigenvalue weighted by molar-refractivity contribution is 0.0600. The number of nitrogens with zero attached hydrogens (tertiary/aromatic N) is 2. The van der Waals surface area contributed by atoms with E-state index in [9.17, 15) is 9.59 Å². The summed E-state index contributed by atoms with van der Waals surface area (Å²) >= 11 is 1.60. The summed E-state index contributed by atoms with van der Waals surface area (Å²) in [5.41, 5.74) is 1.83. The third-order valence-electron chi connectivity index (χ3n) is 4.50. The molecule has 0 spiro atoms. The van der Waals surface area contributed by atoms with Gasteiger partial charge in [-0.1, -0.05) is 6.92 Å². The Morgan fingerprint density at radius 2 is 2.00 bits per heavy atom. The van der Waals surface area contributed by atoms with Gasteiger partial charge in [-0.2, -0.15) is 5.10 Å². The zero-order valence-corrected chi connectivity index (χ0v) is 17.0. The molecule has 0 aliphatic carbocycles. The number of benzene rings is 1. The van der Waals surface area contributed by atoms with Crippen LogP contribution in [0.15, 0.2) is 35.5 Å². The number of hydrogen-bond donors (Lipinski definition) is 1. The lowest BCUT2D eigenvalue weighted by Gasteiger charge is -2.23. The molecular formula is C20H25N3O4S. The molecule has 0 saturated carbocycles. The molecule has 1 N–H and O–H groups in total. The fourth-order valence-electron chi connectivity index (χ4n) is 2.98. The molecule has 3 rings (SSSR count). The number of esters is 1. The standard InChI is InChI=1S/C20H25N3O4S/c1-3-12-28-19-17(18(24)22-15-8-10-27-11-9-15)13-21-23(19)16-6-4-14(5-7-16)20(25)26-2/h4-7,13,15H,3,8-12H2,1-2H3,(H,22,24). The molecule has 7 nitrogen and oxygen atoms in total. The Bertz CT molecular complexity index is 813. The molecule has 28 heavy (non-hydrogen) atoms. The van der Waals surface area contributed by atoms with E-state index in [0.717, 1.165) is 35.7 Å². The highest BCUT2D eigenvalue weighted by Crippen LogP contribution is 2.27. The van der Waals surface area contributed by atoms with E-state index in [1.807, 2.05) is 0 Å². The fraction of sp³-hybridized carbons (Fsp3) is 0.450. The number of thioether (sulfide) groups is 1. The highest BCUT2D eigenvalue weighted by Gasteiger charge is 2.22. The highest BCUT2D eigenvalue weighted by molar-refractivity contribution is 7.99. The van der Waals surface area contributed by atoms with Crippen LogP contribution in [0.2, 0.25) is 0 Å². The van der Waals surface area contributed by atoms with Crippen molar-refractivity contribution in [3.8, 4) is 5.69 Å². The molecule has 1 aromatic carbocycles. The molecule has 0 unspecified atom stereocenters. The number of carbonyl (C=O) groups excluding carboxylic acids is 2. The minimum atomic E-state index is -0.385. The molecule has 0 bridgehead atoms. The summed E-state index contributed by atoms with van der Waals surface area (Å²) in [6.07, 6.45) is 4.25. The first-order chi connectivity index (χ1) is 13.6. The molecule has 1 fully saturated rings. The number of hydrogen-bond acceptors (Lipinski definition) is 6. The predicted molar refractivity (Wildman–Crippen MR) is 107 cm³/mol. The summed E-state index contributed by atoms with van der Waals surface area (Å²) in [7, 11) is 1.35. The Balaban J connectivity index is 1.85. The molecule has 1 amide bonds. The van der Waals surface area contributed by atoms with Crippen molar-refractivity contribution in [3.05, 3.63) is 41.6 Å². The first-order valence-corrected chi connectivity index (χ1v) is 10.4. The van der Waals surface area contributed by atoms with Crippen molar-refractivity contribution >= 4 is 23.6 Å². The third-order valence-corrected chi connectivity index (χ3v) is 5.78. The SMILES string of the molecule is CCCSc1c(C(=O)NC2CCOCC2)cnn1-c1ccc(C(=O)OC)cc1. The second kappa shape index (κ2) is 9.75. The van der Waals surface area contributed by atoms with Gasteiger partial charge in [-0.25, -0.2) is 9.48 Å². The van der Waals surface area contributed by atoms with Crippen molar-refractivity contribution < 1.29 is 19.1 Å². The average Bonchev–Trinajstić information content (AvgIpc) is 3.16. The summed E-state index contributed by atoms with van der Waals surface area (Å²) < 4.78 is 11.8. The van der Waals surface area contributed by atoms with E-state index in [4.69, 9.17) is 9.47 Å². The van der Waals surface area contributed by atoms with Crippen LogP contribution >= 0.6 is 11.8 Å². The molecule has 2 heterocycles. The van der Waals surface area contributed by atoms with Crippen LogP contribution in [-0.4, -0.2) is 53.8 Å². The second-order valence-electron chi connectivity index (χ2n) is 6.52. The third kappa shape index (κ3) is 4.74. The predicted octanol–water partition coefficient (Wildman–Crippen LogP) is 3.07. The van der Waals surface area contributed by atoms with Crippen molar-refractivity contribution in [3.63, 3.8) is 0 Å². The van der Waals surface area contributed by atoms with Crippen molar-refractivity contribution in [1.82, 2.24) is 15.1 Å². The molecule has 1 aliphatic heterocycles. The van der Waals surface area contributed by atoms with Crippen molar-refractivity contribution in [1.29, 1.82) is 0 Å². The van der Waals surface area contributed by atoms with Crippen LogP contribution in [0.4, 0.5) is 0 Å². The highest BCUT2D eigenvalue weighted by atomic mass is 32.2. The fourth-order valence-corrected chi connectivity index (χ4v) is 3.95. The monoisotopic (exact) mass is 403 g/mol. The van der Waals surface area contributed by atoms with Crippen LogP contribution in [0.25, 0.3) is 5.69 Å². The molecule has 1 aromatic heterocycles. The Labute approximate surface area is 168 Å². The number of rotatable bonds is 7. The van der Waals surface area contributed by atoms with Crippen LogP contribution < -0.4 is 5.32 Å². The summed E-state index contributed by atoms with van der Waals surface area (Å²) in [4.78, 5) is 24.5. The van der Waals surface area contributed by atoms with Gasteiger partial charge >= 0.3 is 5.97 Å². The first-order valence-electron chi connectivity index (χ1n) is 9.42. The van der Waals surface area contributed by atoms with E-state index >= 15 is 0 Å². The quantitative estimate of drug-likeness (QED) is 0.565. The lowest BCUT2D eigenvalue weighted by Crippen LogP contribution is -2.39. The molecule has 8 heteroatoms. The maximum Gasteiger partial charge on any atom is 0.337 e. The topological polar surface area (TPSA) is 82.5 Å². The van der Waals surface area contributed by atoms with Crippen LogP contribution in [0.3, 0.4) is 0 Å². The number of aromatic nitrogens is 2. The van der Waals surface area contributed by atoms with Gasteiger partial charge in [0.15, 0.2) is 0 Å². The van der Waals surface area contributed by atoms with E-state index < -0.39 is 0 Å². The average molecular weight is 404 g/mol. The summed E-state index contributed by atoms with van der Waals surface area (Å²) in [6.45, 7) is 3.45. The molecule has 0 radical (unpaired) electrons. The largest absolute Gasteiger partial charge is 0.465 e. The Kier molecular flexibility index (Phi) is 7.11. The van der Waals surface area contributed by atoms with Crippen molar-refractivity contribution in [2.45, 2.75) is 37.3 Å². The van der Waals surface area contributed by atoms with Crippen molar-refractivity contribution in [2.75, 3.05) is 26.1 Å². The molecule has 1 saturated heterocycles. The van der Waals surface area contributed by atoms with Crippen LogP contribution in [0.1, 0.15) is 46.9 Å². The van der Waals surface area contributed by atoms with Crippen molar-refractivity contribution in [2.24, 2.45) is 0 Å². The van der Waals surface area contributed by atoms with Crippen LogP contribution in [0.5, 0.6) is 0 Å². The van der Waals surface area contributed by atoms with Gasteiger partial charge in [0.05, 0.1) is 30.1 Å².